The summed E-state index contributed by atoms with van der Waals surface area (Å²) in [5.74, 6) is -1.12. The van der Waals surface area contributed by atoms with Crippen LogP contribution in [0.5, 0.6) is 0 Å². The fraction of sp³-hybridized carbons (Fsp3) is 0.0769. The number of benzene rings is 1. The Morgan fingerprint density at radius 3 is 2.65 bits per heavy atom. The Kier molecular flexibility index (Phi) is 3.10. The Hall–Kier alpha value is -2.28. The molecule has 0 aliphatic rings. The normalized spacial score (nSPS) is 9.94. The van der Waals surface area contributed by atoms with Crippen LogP contribution < -0.4 is 0 Å². The summed E-state index contributed by atoms with van der Waals surface area (Å²) in [7, 11) is 0. The highest BCUT2D eigenvalue weighted by molar-refractivity contribution is 5.63. The molecule has 0 radical (unpaired) electrons. The Morgan fingerprint density at radius 2 is 2.00 bits per heavy atom. The highest BCUT2D eigenvalue weighted by Crippen LogP contribution is 2.22. The Morgan fingerprint density at radius 1 is 1.18 bits per heavy atom. The van der Waals surface area contributed by atoms with Gasteiger partial charge in [-0.2, -0.15) is 9.65 Å². The van der Waals surface area contributed by atoms with Gasteiger partial charge >= 0.3 is 0 Å². The molecule has 0 aliphatic heterocycles. The second-order valence-corrected chi connectivity index (χ2v) is 3.49. The average Bonchev–Trinajstić information content (AvgIpc) is 2.29. The van der Waals surface area contributed by atoms with E-state index in [-0.39, 0.29) is 12.0 Å². The van der Waals surface area contributed by atoms with Crippen molar-refractivity contribution in [3.05, 3.63) is 53.9 Å². The average molecular weight is 230 g/mol. The fourth-order valence-corrected chi connectivity index (χ4v) is 1.52. The van der Waals surface area contributed by atoms with Gasteiger partial charge in [-0.3, -0.25) is 0 Å². The summed E-state index contributed by atoms with van der Waals surface area (Å²) in [5.41, 5.74) is 1.02. The minimum Gasteiger partial charge on any atom is -0.223 e. The molecule has 1 aromatic heterocycles. The van der Waals surface area contributed by atoms with Crippen LogP contribution in [0.1, 0.15) is 5.69 Å². The summed E-state index contributed by atoms with van der Waals surface area (Å²) in [6, 6.07) is 10.6. The molecule has 0 spiro atoms. The van der Waals surface area contributed by atoms with Crippen molar-refractivity contribution in [1.29, 1.82) is 5.26 Å². The summed E-state index contributed by atoms with van der Waals surface area (Å²) in [6.07, 6.45) is 0.0559. The van der Waals surface area contributed by atoms with Gasteiger partial charge in [-0.1, -0.05) is 12.1 Å². The molecular formula is C13H8F2N2. The molecule has 2 aromatic rings. The van der Waals surface area contributed by atoms with Crippen molar-refractivity contribution in [2.24, 2.45) is 0 Å². The molecule has 4 heteroatoms. The first-order valence-corrected chi connectivity index (χ1v) is 4.99. The lowest BCUT2D eigenvalue weighted by Crippen LogP contribution is -1.95. The molecule has 1 heterocycles. The first-order chi connectivity index (χ1) is 8.20. The monoisotopic (exact) mass is 230 g/mol. The number of nitrogens with zero attached hydrogens (tertiary/aromatic N) is 2. The van der Waals surface area contributed by atoms with Crippen LogP contribution in [-0.4, -0.2) is 4.98 Å². The highest BCUT2D eigenvalue weighted by atomic mass is 19.1. The van der Waals surface area contributed by atoms with Gasteiger partial charge < -0.3 is 0 Å². The van der Waals surface area contributed by atoms with Crippen LogP contribution >= 0.6 is 0 Å². The first-order valence-electron chi connectivity index (χ1n) is 4.99. The number of rotatable bonds is 2. The maximum atomic E-state index is 13.6. The molecule has 0 saturated carbocycles. The summed E-state index contributed by atoms with van der Waals surface area (Å²) >= 11 is 0. The quantitative estimate of drug-likeness (QED) is 0.743. The van der Waals surface area contributed by atoms with E-state index in [2.05, 4.69) is 4.98 Å². The molecule has 84 valence electrons. The lowest BCUT2D eigenvalue weighted by Gasteiger charge is -2.04. The van der Waals surface area contributed by atoms with Crippen LogP contribution in [0.3, 0.4) is 0 Å². The van der Waals surface area contributed by atoms with Crippen LogP contribution in [-0.2, 0) is 6.42 Å². The van der Waals surface area contributed by atoms with E-state index in [1.54, 1.807) is 12.1 Å². The Balaban J connectivity index is 2.44. The van der Waals surface area contributed by atoms with Crippen molar-refractivity contribution in [1.82, 2.24) is 4.98 Å². The first kappa shape index (κ1) is 11.2. The van der Waals surface area contributed by atoms with Gasteiger partial charge in [-0.15, -0.1) is 0 Å². The van der Waals surface area contributed by atoms with E-state index in [0.717, 1.165) is 0 Å². The number of pyridine rings is 1. The summed E-state index contributed by atoms with van der Waals surface area (Å²) in [6.45, 7) is 0. The van der Waals surface area contributed by atoms with E-state index in [9.17, 15) is 8.78 Å². The maximum Gasteiger partial charge on any atom is 0.221 e. The van der Waals surface area contributed by atoms with Gasteiger partial charge in [0.05, 0.1) is 18.2 Å². The van der Waals surface area contributed by atoms with Crippen LogP contribution in [0.2, 0.25) is 0 Å². The Labute approximate surface area is 97.2 Å². The number of aromatic nitrogens is 1. The fourth-order valence-electron chi connectivity index (χ4n) is 1.52. The minimum absolute atomic E-state index is 0.0559. The number of nitriles is 1. The lowest BCUT2D eigenvalue weighted by molar-refractivity contribution is 0.582. The topological polar surface area (TPSA) is 36.7 Å². The van der Waals surface area contributed by atoms with Gasteiger partial charge in [0.2, 0.25) is 5.95 Å². The zero-order chi connectivity index (χ0) is 12.3. The SMILES string of the molecule is N#CCc1ccc(-c2cccc(F)c2)c(F)n1. The van der Waals surface area contributed by atoms with E-state index in [0.29, 0.717) is 11.3 Å². The molecule has 0 unspecified atom stereocenters. The molecule has 0 amide bonds. The van der Waals surface area contributed by atoms with E-state index in [1.807, 2.05) is 6.07 Å². The zero-order valence-corrected chi connectivity index (χ0v) is 8.82. The zero-order valence-electron chi connectivity index (χ0n) is 8.82. The molecule has 2 nitrogen and oxygen atoms in total. The predicted octanol–water partition coefficient (Wildman–Crippen LogP) is 3.09. The molecule has 1 aromatic carbocycles. The molecule has 0 saturated heterocycles. The van der Waals surface area contributed by atoms with Crippen molar-refractivity contribution in [3.8, 4) is 17.2 Å². The van der Waals surface area contributed by atoms with Gasteiger partial charge in [0.25, 0.3) is 0 Å². The molecule has 0 aliphatic carbocycles. The van der Waals surface area contributed by atoms with Gasteiger partial charge in [0.15, 0.2) is 0 Å². The second kappa shape index (κ2) is 4.71. The summed E-state index contributed by atoms with van der Waals surface area (Å²) in [4.78, 5) is 3.66. The smallest absolute Gasteiger partial charge is 0.221 e. The minimum atomic E-state index is -0.691. The molecule has 17 heavy (non-hydrogen) atoms. The van der Waals surface area contributed by atoms with Crippen LogP contribution in [0, 0.1) is 23.1 Å². The second-order valence-electron chi connectivity index (χ2n) is 3.49. The number of hydrogen-bond acceptors (Lipinski definition) is 2. The van der Waals surface area contributed by atoms with E-state index >= 15 is 0 Å². The molecule has 0 N–H and O–H groups in total. The third-order valence-corrected chi connectivity index (χ3v) is 2.30. The van der Waals surface area contributed by atoms with Crippen molar-refractivity contribution in [3.63, 3.8) is 0 Å². The van der Waals surface area contributed by atoms with Gasteiger partial charge in [-0.05, 0) is 29.8 Å². The van der Waals surface area contributed by atoms with Crippen molar-refractivity contribution in [2.45, 2.75) is 6.42 Å². The van der Waals surface area contributed by atoms with Crippen LogP contribution in [0.4, 0.5) is 8.78 Å². The molecular weight excluding hydrogens is 222 g/mol. The van der Waals surface area contributed by atoms with Crippen molar-refractivity contribution >= 4 is 0 Å². The Bertz CT molecular complexity index is 588. The van der Waals surface area contributed by atoms with Gasteiger partial charge in [-0.25, -0.2) is 9.37 Å². The number of hydrogen-bond donors (Lipinski definition) is 0. The summed E-state index contributed by atoms with van der Waals surface area (Å²) < 4.78 is 26.6. The van der Waals surface area contributed by atoms with E-state index in [4.69, 9.17) is 5.26 Å². The predicted molar refractivity (Wildman–Crippen MR) is 58.9 cm³/mol. The summed E-state index contributed by atoms with van der Waals surface area (Å²) in [5, 5.41) is 8.47. The van der Waals surface area contributed by atoms with Crippen LogP contribution in [0.25, 0.3) is 11.1 Å². The molecule has 0 atom stereocenters. The third-order valence-electron chi connectivity index (χ3n) is 2.30. The standard InChI is InChI=1S/C13H8F2N2/c14-10-3-1-2-9(8-10)12-5-4-11(6-7-16)17-13(12)15/h1-5,8H,6H2. The van der Waals surface area contributed by atoms with Gasteiger partial charge in [0, 0.05) is 5.56 Å². The van der Waals surface area contributed by atoms with E-state index in [1.165, 1.54) is 24.3 Å². The largest absolute Gasteiger partial charge is 0.223 e. The van der Waals surface area contributed by atoms with Crippen molar-refractivity contribution in [2.75, 3.05) is 0 Å². The van der Waals surface area contributed by atoms with Crippen LogP contribution in [0.15, 0.2) is 36.4 Å². The molecule has 0 bridgehead atoms. The van der Waals surface area contributed by atoms with Crippen molar-refractivity contribution < 1.29 is 8.78 Å². The van der Waals surface area contributed by atoms with Gasteiger partial charge in [0.1, 0.15) is 5.82 Å². The van der Waals surface area contributed by atoms with E-state index < -0.39 is 11.8 Å². The molecule has 2 rings (SSSR count). The molecule has 0 fully saturated rings. The number of halogens is 2. The third kappa shape index (κ3) is 2.45. The maximum absolute atomic E-state index is 13.6. The highest BCUT2D eigenvalue weighted by Gasteiger charge is 2.08. The lowest BCUT2D eigenvalue weighted by atomic mass is 10.1.